The minimum absolute atomic E-state index is 0.0980. The van der Waals surface area contributed by atoms with Gasteiger partial charge in [-0.2, -0.15) is 5.10 Å². The van der Waals surface area contributed by atoms with Gasteiger partial charge in [-0.15, -0.1) is 0 Å². The summed E-state index contributed by atoms with van der Waals surface area (Å²) in [6.07, 6.45) is 8.38. The second kappa shape index (κ2) is 4.91. The van der Waals surface area contributed by atoms with Crippen LogP contribution in [-0.4, -0.2) is 15.7 Å². The molecular weight excluding hydrogens is 286 g/mol. The Kier molecular flexibility index (Phi) is 2.93. The topological polar surface area (TPSA) is 57.8 Å². The molecule has 1 heterocycles. The van der Waals surface area contributed by atoms with Crippen LogP contribution in [0, 0.1) is 17.8 Å². The van der Waals surface area contributed by atoms with Crippen LogP contribution in [0.2, 0.25) is 0 Å². The normalized spacial score (nSPS) is 35.0. The summed E-state index contributed by atoms with van der Waals surface area (Å²) in [7, 11) is 0. The summed E-state index contributed by atoms with van der Waals surface area (Å²) in [5, 5.41) is 12.6. The molecule has 4 bridgehead atoms. The molecule has 4 fully saturated rings. The number of aromatic nitrogens is 2. The van der Waals surface area contributed by atoms with E-state index in [9.17, 15) is 4.79 Å². The first kappa shape index (κ1) is 13.7. The molecule has 1 aromatic carbocycles. The Morgan fingerprint density at radius 2 is 1.65 bits per heavy atom. The molecule has 1 aromatic heterocycles. The van der Waals surface area contributed by atoms with Gasteiger partial charge in [-0.1, -0.05) is 18.2 Å². The summed E-state index contributed by atoms with van der Waals surface area (Å²) < 4.78 is 0. The summed E-state index contributed by atoms with van der Waals surface area (Å²) in [5.41, 5.74) is 1.20. The molecule has 23 heavy (non-hydrogen) atoms. The number of hydrogen-bond acceptors (Lipinski definition) is 3. The van der Waals surface area contributed by atoms with Gasteiger partial charge in [0.25, 0.3) is 5.56 Å². The van der Waals surface area contributed by atoms with Crippen LogP contribution >= 0.6 is 0 Å². The zero-order valence-corrected chi connectivity index (χ0v) is 13.3. The van der Waals surface area contributed by atoms with E-state index in [2.05, 4.69) is 15.5 Å². The van der Waals surface area contributed by atoms with Gasteiger partial charge in [0.05, 0.1) is 11.1 Å². The predicted molar refractivity (Wildman–Crippen MR) is 90.1 cm³/mol. The van der Waals surface area contributed by atoms with Crippen molar-refractivity contribution in [1.29, 1.82) is 0 Å². The fraction of sp³-hybridized carbons (Fsp3) is 0.579. The summed E-state index contributed by atoms with van der Waals surface area (Å²) in [6.45, 7) is 0.753. The number of hydrogen-bond donors (Lipinski definition) is 2. The van der Waals surface area contributed by atoms with E-state index in [1.54, 1.807) is 0 Å². The highest BCUT2D eigenvalue weighted by Gasteiger charge is 2.50. The molecule has 0 radical (unpaired) electrons. The number of H-pyrrole nitrogens is 1. The monoisotopic (exact) mass is 309 g/mol. The Morgan fingerprint density at radius 3 is 2.30 bits per heavy atom. The molecule has 0 atom stereocenters. The molecule has 4 nitrogen and oxygen atoms in total. The maximum atomic E-state index is 11.9. The largest absolute Gasteiger partial charge is 0.305 e. The maximum Gasteiger partial charge on any atom is 0.272 e. The van der Waals surface area contributed by atoms with Crippen molar-refractivity contribution in [3.8, 4) is 0 Å². The van der Waals surface area contributed by atoms with E-state index in [1.165, 1.54) is 38.5 Å². The molecule has 4 aliphatic carbocycles. The smallest absolute Gasteiger partial charge is 0.272 e. The summed E-state index contributed by atoms with van der Waals surface area (Å²) in [5.74, 6) is 2.82. The van der Waals surface area contributed by atoms with Crippen LogP contribution in [0.1, 0.15) is 44.2 Å². The highest BCUT2D eigenvalue weighted by atomic mass is 16.1. The van der Waals surface area contributed by atoms with Crippen LogP contribution in [0.25, 0.3) is 10.8 Å². The lowest BCUT2D eigenvalue weighted by Crippen LogP contribution is -2.58. The van der Waals surface area contributed by atoms with Crippen molar-refractivity contribution < 1.29 is 0 Å². The molecule has 0 aliphatic heterocycles. The van der Waals surface area contributed by atoms with Gasteiger partial charge < -0.3 is 5.32 Å². The summed E-state index contributed by atoms with van der Waals surface area (Å²) in [6, 6.07) is 7.78. The first-order chi connectivity index (χ1) is 11.2. The molecule has 0 unspecified atom stereocenters. The van der Waals surface area contributed by atoms with E-state index in [4.69, 9.17) is 0 Å². The van der Waals surface area contributed by atoms with Crippen molar-refractivity contribution >= 4 is 10.8 Å². The maximum absolute atomic E-state index is 11.9. The van der Waals surface area contributed by atoms with Crippen molar-refractivity contribution in [2.75, 3.05) is 0 Å². The average molecular weight is 309 g/mol. The first-order valence-electron chi connectivity index (χ1n) is 8.92. The van der Waals surface area contributed by atoms with Crippen LogP contribution in [0.3, 0.4) is 0 Å². The van der Waals surface area contributed by atoms with Crippen LogP contribution in [-0.2, 0) is 6.54 Å². The van der Waals surface area contributed by atoms with Gasteiger partial charge in [-0.3, -0.25) is 4.79 Å². The third-order valence-electron chi connectivity index (χ3n) is 6.44. The standard InChI is InChI=1S/C19H23N3O/c23-18-16-4-2-1-3-15(16)17(21-22-18)11-20-19-8-12-5-13(9-19)7-14(6-12)10-19/h1-4,12-14,20H,5-11H2,(H,22,23). The molecule has 0 amide bonds. The Hall–Kier alpha value is -1.68. The third-order valence-corrected chi connectivity index (χ3v) is 6.44. The fourth-order valence-electron chi connectivity index (χ4n) is 5.90. The SMILES string of the molecule is O=c1[nH]nc(CNC23CC4CC(CC(C4)C2)C3)c2ccccc12. The molecule has 2 aromatic rings. The molecule has 4 heteroatoms. The van der Waals surface area contributed by atoms with Crippen molar-refractivity contribution in [3.63, 3.8) is 0 Å². The molecule has 4 aliphatic rings. The lowest BCUT2D eigenvalue weighted by molar-refractivity contribution is -0.0207. The lowest BCUT2D eigenvalue weighted by atomic mass is 9.53. The fourth-order valence-corrected chi connectivity index (χ4v) is 5.90. The van der Waals surface area contributed by atoms with E-state index in [1.807, 2.05) is 24.3 Å². The van der Waals surface area contributed by atoms with E-state index in [0.29, 0.717) is 5.54 Å². The second-order valence-electron chi connectivity index (χ2n) is 8.10. The molecule has 2 N–H and O–H groups in total. The highest BCUT2D eigenvalue weighted by molar-refractivity contribution is 5.83. The minimum atomic E-state index is -0.0980. The van der Waals surface area contributed by atoms with Gasteiger partial charge in [0.1, 0.15) is 0 Å². The van der Waals surface area contributed by atoms with Crippen LogP contribution in [0.4, 0.5) is 0 Å². The van der Waals surface area contributed by atoms with Gasteiger partial charge in [0, 0.05) is 17.5 Å². The van der Waals surface area contributed by atoms with Gasteiger partial charge in [-0.05, 0) is 62.3 Å². The minimum Gasteiger partial charge on any atom is -0.305 e. The van der Waals surface area contributed by atoms with Gasteiger partial charge in [-0.25, -0.2) is 5.10 Å². The van der Waals surface area contributed by atoms with E-state index < -0.39 is 0 Å². The molecule has 0 spiro atoms. The second-order valence-corrected chi connectivity index (χ2v) is 8.10. The molecule has 6 rings (SSSR count). The quantitative estimate of drug-likeness (QED) is 0.916. The number of aromatic amines is 1. The molecule has 0 saturated heterocycles. The highest BCUT2D eigenvalue weighted by Crippen LogP contribution is 2.55. The van der Waals surface area contributed by atoms with E-state index >= 15 is 0 Å². The number of nitrogens with one attached hydrogen (secondary N) is 2. The number of nitrogens with zero attached hydrogens (tertiary/aromatic N) is 1. The van der Waals surface area contributed by atoms with Crippen LogP contribution in [0.5, 0.6) is 0 Å². The zero-order chi connectivity index (χ0) is 15.4. The Labute approximate surface area is 135 Å². The summed E-state index contributed by atoms with van der Waals surface area (Å²) in [4.78, 5) is 11.9. The van der Waals surface area contributed by atoms with Gasteiger partial charge in [0.15, 0.2) is 0 Å². The van der Waals surface area contributed by atoms with Crippen LogP contribution in [0.15, 0.2) is 29.1 Å². The van der Waals surface area contributed by atoms with Crippen molar-refractivity contribution in [1.82, 2.24) is 15.5 Å². The summed E-state index contributed by atoms with van der Waals surface area (Å²) >= 11 is 0. The molecule has 120 valence electrons. The van der Waals surface area contributed by atoms with Crippen molar-refractivity contribution in [2.24, 2.45) is 17.8 Å². The van der Waals surface area contributed by atoms with E-state index in [0.717, 1.165) is 40.8 Å². The Bertz CT molecular complexity index is 774. The van der Waals surface area contributed by atoms with E-state index in [-0.39, 0.29) is 5.56 Å². The molecular formula is C19H23N3O. The van der Waals surface area contributed by atoms with Gasteiger partial charge >= 0.3 is 0 Å². The first-order valence-corrected chi connectivity index (χ1v) is 8.92. The number of rotatable bonds is 3. The number of benzene rings is 1. The third kappa shape index (κ3) is 2.23. The Morgan fingerprint density at radius 1 is 1.04 bits per heavy atom. The number of fused-ring (bicyclic) bond motifs is 1. The average Bonchev–Trinajstić information content (AvgIpc) is 2.53. The zero-order valence-electron chi connectivity index (χ0n) is 13.3. The lowest BCUT2D eigenvalue weighted by Gasteiger charge is -2.57. The van der Waals surface area contributed by atoms with Crippen molar-refractivity contribution in [2.45, 2.75) is 50.6 Å². The Balaban J connectivity index is 1.43. The van der Waals surface area contributed by atoms with Gasteiger partial charge in [0.2, 0.25) is 0 Å². The predicted octanol–water partition coefficient (Wildman–Crippen LogP) is 2.98. The molecule has 4 saturated carbocycles. The van der Waals surface area contributed by atoms with Crippen molar-refractivity contribution in [3.05, 3.63) is 40.3 Å². The van der Waals surface area contributed by atoms with Crippen LogP contribution < -0.4 is 10.9 Å².